The molecule has 96 valence electrons. The van der Waals surface area contributed by atoms with Crippen LogP contribution in [-0.2, 0) is 0 Å². The predicted octanol–water partition coefficient (Wildman–Crippen LogP) is 5.86. The van der Waals surface area contributed by atoms with Crippen molar-refractivity contribution in [3.8, 4) is 11.1 Å². The molecule has 1 atom stereocenters. The lowest BCUT2D eigenvalue weighted by Crippen LogP contribution is -1.92. The third kappa shape index (κ3) is 2.06. The number of halogens is 1. The second-order valence-electron chi connectivity index (χ2n) is 5.36. The summed E-state index contributed by atoms with van der Waals surface area (Å²) in [5.74, 6) is 0.527. The lowest BCUT2D eigenvalue weighted by molar-refractivity contribution is 0.989. The molecule has 0 N–H and O–H groups in total. The molecule has 0 aliphatic heterocycles. The molecule has 0 heterocycles. The molecule has 0 saturated heterocycles. The van der Waals surface area contributed by atoms with Crippen LogP contribution in [0.2, 0.25) is 0 Å². The van der Waals surface area contributed by atoms with Gasteiger partial charge in [0.25, 0.3) is 0 Å². The van der Waals surface area contributed by atoms with Gasteiger partial charge in [-0.3, -0.25) is 0 Å². The summed E-state index contributed by atoms with van der Waals surface area (Å²) in [7, 11) is 0. The molecule has 0 bridgehead atoms. The Morgan fingerprint density at radius 3 is 2.63 bits per heavy atom. The van der Waals surface area contributed by atoms with Crippen molar-refractivity contribution in [3.63, 3.8) is 0 Å². The molecule has 0 aromatic heterocycles. The average molecular weight is 313 g/mol. The van der Waals surface area contributed by atoms with Crippen molar-refractivity contribution >= 4 is 22.0 Å². The predicted molar refractivity (Wildman–Crippen MR) is 86.5 cm³/mol. The molecule has 1 aliphatic rings. The Kier molecular flexibility index (Phi) is 3.10. The van der Waals surface area contributed by atoms with Crippen LogP contribution in [0.15, 0.2) is 40.9 Å². The molecule has 0 saturated carbocycles. The van der Waals surface area contributed by atoms with E-state index in [4.69, 9.17) is 0 Å². The maximum atomic E-state index is 3.75. The van der Waals surface area contributed by atoms with Crippen LogP contribution in [0.5, 0.6) is 0 Å². The van der Waals surface area contributed by atoms with E-state index in [-0.39, 0.29) is 0 Å². The van der Waals surface area contributed by atoms with Gasteiger partial charge in [0, 0.05) is 4.47 Å². The minimum atomic E-state index is 0.527. The Morgan fingerprint density at radius 2 is 1.84 bits per heavy atom. The Morgan fingerprint density at radius 1 is 1.05 bits per heavy atom. The first-order valence-electron chi connectivity index (χ1n) is 6.66. The first-order chi connectivity index (χ1) is 9.08. The van der Waals surface area contributed by atoms with E-state index in [9.17, 15) is 0 Å². The molecule has 3 rings (SSSR count). The van der Waals surface area contributed by atoms with E-state index in [0.717, 1.165) is 0 Å². The lowest BCUT2D eigenvalue weighted by Gasteiger charge is -2.14. The maximum Gasteiger partial charge on any atom is 0.0257 e. The van der Waals surface area contributed by atoms with E-state index in [0.29, 0.717) is 5.92 Å². The van der Waals surface area contributed by atoms with E-state index < -0.39 is 0 Å². The zero-order chi connectivity index (χ0) is 13.6. The van der Waals surface area contributed by atoms with Crippen molar-refractivity contribution in [2.45, 2.75) is 26.7 Å². The molecule has 1 unspecified atom stereocenters. The number of hydrogen-bond donors (Lipinski definition) is 0. The van der Waals surface area contributed by atoms with Crippen molar-refractivity contribution in [2.75, 3.05) is 0 Å². The smallest absolute Gasteiger partial charge is 0.0257 e. The fourth-order valence-electron chi connectivity index (χ4n) is 2.75. The van der Waals surface area contributed by atoms with E-state index >= 15 is 0 Å². The van der Waals surface area contributed by atoms with Crippen molar-refractivity contribution in [1.29, 1.82) is 0 Å². The summed E-state index contributed by atoms with van der Waals surface area (Å²) in [6.07, 6.45) is 4.51. The fraction of sp³-hybridized carbons (Fsp3) is 0.222. The summed E-state index contributed by atoms with van der Waals surface area (Å²) in [6, 6.07) is 11.1. The van der Waals surface area contributed by atoms with E-state index in [1.54, 1.807) is 0 Å². The first-order valence-corrected chi connectivity index (χ1v) is 7.45. The molecule has 0 fully saturated rings. The van der Waals surface area contributed by atoms with Gasteiger partial charge in [-0.25, -0.2) is 0 Å². The molecule has 0 radical (unpaired) electrons. The molecule has 0 amide bonds. The zero-order valence-electron chi connectivity index (χ0n) is 11.5. The summed E-state index contributed by atoms with van der Waals surface area (Å²) in [6.45, 7) is 6.61. The third-order valence-corrected chi connectivity index (χ3v) is 4.78. The van der Waals surface area contributed by atoms with Gasteiger partial charge >= 0.3 is 0 Å². The number of rotatable bonds is 1. The monoisotopic (exact) mass is 312 g/mol. The highest BCUT2D eigenvalue weighted by atomic mass is 79.9. The molecule has 1 aliphatic carbocycles. The van der Waals surface area contributed by atoms with Gasteiger partial charge in [-0.1, -0.05) is 53.2 Å². The van der Waals surface area contributed by atoms with Crippen LogP contribution in [0.1, 0.15) is 35.1 Å². The van der Waals surface area contributed by atoms with Gasteiger partial charge in [0.05, 0.1) is 0 Å². The number of fused-ring (bicyclic) bond motifs is 1. The number of allylic oxidation sites excluding steroid dienone is 1. The Labute approximate surface area is 123 Å². The van der Waals surface area contributed by atoms with E-state index in [1.165, 1.54) is 37.9 Å². The van der Waals surface area contributed by atoms with Crippen molar-refractivity contribution in [2.24, 2.45) is 0 Å². The first kappa shape index (κ1) is 12.7. The molecule has 1 heteroatoms. The average Bonchev–Trinajstić information content (AvgIpc) is 2.74. The van der Waals surface area contributed by atoms with Gasteiger partial charge in [0.1, 0.15) is 0 Å². The van der Waals surface area contributed by atoms with Gasteiger partial charge in [-0.15, -0.1) is 0 Å². The van der Waals surface area contributed by atoms with Gasteiger partial charge in [0.15, 0.2) is 0 Å². The van der Waals surface area contributed by atoms with E-state index in [2.05, 4.69) is 79.2 Å². The molecule has 2 aromatic rings. The highest BCUT2D eigenvalue weighted by Crippen LogP contribution is 2.39. The van der Waals surface area contributed by atoms with Gasteiger partial charge < -0.3 is 0 Å². The third-order valence-electron chi connectivity index (χ3n) is 4.12. The van der Waals surface area contributed by atoms with Crippen LogP contribution < -0.4 is 0 Å². The molecular formula is C18H17Br. The van der Waals surface area contributed by atoms with Crippen LogP contribution in [0.3, 0.4) is 0 Å². The highest BCUT2D eigenvalue weighted by molar-refractivity contribution is 9.10. The standard InChI is InChI=1S/C18H17Br/c1-11-5-4-6-15(13(11)3)17-9-14-8-7-12(2)16(14)10-18(17)19/h4-10,12H,1-3H3. The Hall–Kier alpha value is -1.34. The SMILES string of the molecule is Cc1cccc(-c2cc3c(cc2Br)C(C)C=C3)c1C. The van der Waals surface area contributed by atoms with Crippen LogP contribution in [0, 0.1) is 13.8 Å². The zero-order valence-corrected chi connectivity index (χ0v) is 13.1. The van der Waals surface area contributed by atoms with E-state index in [1.807, 2.05) is 0 Å². The summed E-state index contributed by atoms with van der Waals surface area (Å²) in [4.78, 5) is 0. The van der Waals surface area contributed by atoms with Crippen molar-refractivity contribution in [3.05, 3.63) is 63.1 Å². The van der Waals surface area contributed by atoms with Crippen LogP contribution in [-0.4, -0.2) is 0 Å². The number of aryl methyl sites for hydroxylation is 1. The molecule has 19 heavy (non-hydrogen) atoms. The summed E-state index contributed by atoms with van der Waals surface area (Å²) in [5, 5.41) is 0. The second kappa shape index (κ2) is 4.64. The molecule has 2 aromatic carbocycles. The normalized spacial score (nSPS) is 16.7. The topological polar surface area (TPSA) is 0 Å². The highest BCUT2D eigenvalue weighted by Gasteiger charge is 2.17. The van der Waals surface area contributed by atoms with Crippen molar-refractivity contribution < 1.29 is 0 Å². The van der Waals surface area contributed by atoms with Crippen LogP contribution in [0.4, 0.5) is 0 Å². The summed E-state index contributed by atoms with van der Waals surface area (Å²) >= 11 is 3.75. The molecule has 0 nitrogen and oxygen atoms in total. The van der Waals surface area contributed by atoms with Gasteiger partial charge in [-0.05, 0) is 65.3 Å². The largest absolute Gasteiger partial charge is 0.0767 e. The van der Waals surface area contributed by atoms with Gasteiger partial charge in [0.2, 0.25) is 0 Å². The van der Waals surface area contributed by atoms with Crippen molar-refractivity contribution in [1.82, 2.24) is 0 Å². The fourth-order valence-corrected chi connectivity index (χ4v) is 3.32. The molecule has 0 spiro atoms. The quantitative estimate of drug-likeness (QED) is 0.618. The summed E-state index contributed by atoms with van der Waals surface area (Å²) < 4.78 is 1.19. The minimum Gasteiger partial charge on any atom is -0.0767 e. The van der Waals surface area contributed by atoms with Crippen LogP contribution in [0.25, 0.3) is 17.2 Å². The maximum absolute atomic E-state index is 3.75. The number of hydrogen-bond acceptors (Lipinski definition) is 0. The summed E-state index contributed by atoms with van der Waals surface area (Å²) in [5.41, 5.74) is 8.08. The Balaban J connectivity index is 2.22. The van der Waals surface area contributed by atoms with Gasteiger partial charge in [-0.2, -0.15) is 0 Å². The Bertz CT molecular complexity index is 680. The number of benzene rings is 2. The minimum absolute atomic E-state index is 0.527. The van der Waals surface area contributed by atoms with Crippen LogP contribution >= 0.6 is 15.9 Å². The molecular weight excluding hydrogens is 296 g/mol. The second-order valence-corrected chi connectivity index (χ2v) is 6.21. The lowest BCUT2D eigenvalue weighted by atomic mass is 9.93.